The van der Waals surface area contributed by atoms with E-state index in [1.54, 1.807) is 13.0 Å². The average Bonchev–Trinajstić information content (AvgIpc) is 2.89. The highest BCUT2D eigenvalue weighted by atomic mass is 19.4. The van der Waals surface area contributed by atoms with Crippen molar-refractivity contribution in [1.29, 1.82) is 0 Å². The summed E-state index contributed by atoms with van der Waals surface area (Å²) in [6.45, 7) is 8.73. The third-order valence-corrected chi connectivity index (χ3v) is 4.95. The summed E-state index contributed by atoms with van der Waals surface area (Å²) >= 11 is 0. The number of rotatable bonds is 3. The van der Waals surface area contributed by atoms with Crippen molar-refractivity contribution in [3.63, 3.8) is 0 Å². The molecule has 0 fully saturated rings. The Morgan fingerprint density at radius 3 is 2.41 bits per heavy atom. The zero-order valence-corrected chi connectivity index (χ0v) is 16.0. The van der Waals surface area contributed by atoms with E-state index >= 15 is 0 Å². The van der Waals surface area contributed by atoms with Gasteiger partial charge in [-0.3, -0.25) is 9.98 Å². The van der Waals surface area contributed by atoms with E-state index in [9.17, 15) is 18.3 Å². The fourth-order valence-electron chi connectivity index (χ4n) is 3.31. The molecular weight excluding hydrogens is 357 g/mol. The Kier molecular flexibility index (Phi) is 4.70. The van der Waals surface area contributed by atoms with Gasteiger partial charge in [-0.1, -0.05) is 19.9 Å². The third-order valence-electron chi connectivity index (χ3n) is 4.95. The summed E-state index contributed by atoms with van der Waals surface area (Å²) in [5.74, 6) is 0.0852. The van der Waals surface area contributed by atoms with E-state index in [1.165, 1.54) is 13.8 Å². The molecule has 0 saturated carbocycles. The monoisotopic (exact) mass is 380 g/mol. The Hall–Kier alpha value is -2.15. The molecule has 0 saturated heterocycles. The van der Waals surface area contributed by atoms with Crippen molar-refractivity contribution < 1.29 is 23.0 Å². The molecule has 2 atom stereocenters. The molecular formula is C20H23F3N2O2. The van der Waals surface area contributed by atoms with E-state index in [0.717, 1.165) is 0 Å². The van der Waals surface area contributed by atoms with Gasteiger partial charge in [0.15, 0.2) is 5.75 Å². The molecule has 3 rings (SSSR count). The van der Waals surface area contributed by atoms with Crippen LogP contribution in [0.5, 0.6) is 5.75 Å². The van der Waals surface area contributed by atoms with Crippen LogP contribution in [-0.2, 0) is 12.0 Å². The minimum atomic E-state index is -4.88. The van der Waals surface area contributed by atoms with Gasteiger partial charge in [-0.05, 0) is 44.2 Å². The van der Waals surface area contributed by atoms with Crippen LogP contribution in [-0.4, -0.2) is 23.4 Å². The summed E-state index contributed by atoms with van der Waals surface area (Å²) < 4.78 is 43.4. The fourth-order valence-corrected chi connectivity index (χ4v) is 3.31. The summed E-state index contributed by atoms with van der Waals surface area (Å²) in [6.07, 6.45) is -0.610. The molecule has 7 heteroatoms. The van der Waals surface area contributed by atoms with Gasteiger partial charge in [-0.25, -0.2) is 0 Å². The zero-order valence-electron chi connectivity index (χ0n) is 16.0. The van der Waals surface area contributed by atoms with Gasteiger partial charge in [-0.2, -0.15) is 0 Å². The van der Waals surface area contributed by atoms with Crippen LogP contribution in [0.3, 0.4) is 0 Å². The van der Waals surface area contributed by atoms with Crippen LogP contribution in [0.4, 0.5) is 18.9 Å². The predicted molar refractivity (Wildman–Crippen MR) is 99.6 cm³/mol. The number of aliphatic hydroxyl groups is 1. The van der Waals surface area contributed by atoms with Crippen molar-refractivity contribution in [3.8, 4) is 5.75 Å². The second-order valence-electron chi connectivity index (χ2n) is 7.81. The molecule has 1 N–H and O–H groups in total. The van der Waals surface area contributed by atoms with Gasteiger partial charge in [0, 0.05) is 29.5 Å². The Bertz CT molecular complexity index is 861. The minimum absolute atomic E-state index is 0.0365. The Balaban J connectivity index is 2.26. The van der Waals surface area contributed by atoms with Crippen molar-refractivity contribution in [3.05, 3.63) is 28.8 Å². The molecule has 4 nitrogen and oxygen atoms in total. The minimum Gasteiger partial charge on any atom is -0.403 e. The largest absolute Gasteiger partial charge is 0.573 e. The van der Waals surface area contributed by atoms with Gasteiger partial charge in [-0.15, -0.1) is 13.2 Å². The topological polar surface area (TPSA) is 54.2 Å². The van der Waals surface area contributed by atoms with Gasteiger partial charge in [0.1, 0.15) is 5.69 Å². The maximum atomic E-state index is 13.0. The number of hydrogen-bond acceptors (Lipinski definition) is 4. The number of hydrogen-bond donors (Lipinski definition) is 1. The number of allylic oxidation sites excluding steroid dienone is 1. The molecule has 0 radical (unpaired) electrons. The summed E-state index contributed by atoms with van der Waals surface area (Å²) in [7, 11) is 0. The smallest absolute Gasteiger partial charge is 0.403 e. The molecule has 2 unspecified atom stereocenters. The first-order chi connectivity index (χ1) is 12.4. The van der Waals surface area contributed by atoms with Gasteiger partial charge in [0.2, 0.25) is 0 Å². The lowest BCUT2D eigenvalue weighted by Crippen LogP contribution is -2.23. The lowest BCUT2D eigenvalue weighted by molar-refractivity contribution is -0.275. The van der Waals surface area contributed by atoms with E-state index in [4.69, 9.17) is 0 Å². The van der Waals surface area contributed by atoms with E-state index in [2.05, 4.69) is 28.6 Å². The van der Waals surface area contributed by atoms with E-state index in [1.807, 2.05) is 12.3 Å². The number of halogens is 3. The molecule has 0 amide bonds. The van der Waals surface area contributed by atoms with Gasteiger partial charge in [0.05, 0.1) is 11.3 Å². The molecule has 27 heavy (non-hydrogen) atoms. The third kappa shape index (κ3) is 3.93. The summed E-state index contributed by atoms with van der Waals surface area (Å²) in [4.78, 5) is 8.80. The molecule has 1 aromatic carbocycles. The molecule has 0 bridgehead atoms. The normalized spacial score (nSPS) is 22.4. The number of fused-ring (bicyclic) bond motifs is 1. The molecule has 0 spiro atoms. The highest BCUT2D eigenvalue weighted by molar-refractivity contribution is 5.97. The van der Waals surface area contributed by atoms with Crippen LogP contribution < -0.4 is 4.74 Å². The number of aliphatic imine (C=N–C) groups is 2. The summed E-state index contributed by atoms with van der Waals surface area (Å²) in [6, 6.07) is 1.56. The molecule has 0 aliphatic carbocycles. The lowest BCUT2D eigenvalue weighted by Gasteiger charge is -2.26. The van der Waals surface area contributed by atoms with Crippen LogP contribution in [0.25, 0.3) is 5.70 Å². The van der Waals surface area contributed by atoms with Crippen LogP contribution in [0.15, 0.2) is 22.1 Å². The van der Waals surface area contributed by atoms with Crippen molar-refractivity contribution in [1.82, 2.24) is 0 Å². The molecule has 2 aliphatic heterocycles. The summed E-state index contributed by atoms with van der Waals surface area (Å²) in [5, 5.41) is 10.5. The average molecular weight is 380 g/mol. The van der Waals surface area contributed by atoms with E-state index < -0.39 is 17.7 Å². The van der Waals surface area contributed by atoms with Crippen LogP contribution in [0.1, 0.15) is 51.3 Å². The number of ether oxygens (including phenoxy) is 1. The van der Waals surface area contributed by atoms with Crippen molar-refractivity contribution in [2.24, 2.45) is 21.8 Å². The van der Waals surface area contributed by atoms with Crippen molar-refractivity contribution in [2.75, 3.05) is 0 Å². The molecule has 0 aromatic heterocycles. The second kappa shape index (κ2) is 6.48. The lowest BCUT2D eigenvalue weighted by atomic mass is 9.87. The highest BCUT2D eigenvalue weighted by Crippen LogP contribution is 2.48. The quantitative estimate of drug-likeness (QED) is 0.788. The first-order valence-electron chi connectivity index (χ1n) is 8.86. The Morgan fingerprint density at radius 1 is 1.19 bits per heavy atom. The predicted octanol–water partition coefficient (Wildman–Crippen LogP) is 5.16. The Morgan fingerprint density at radius 2 is 1.85 bits per heavy atom. The van der Waals surface area contributed by atoms with E-state index in [-0.39, 0.29) is 23.1 Å². The fraction of sp³-hybridized carbons (Fsp3) is 0.500. The number of nitrogens with zero attached hydrogens (tertiary/aromatic N) is 2. The molecule has 146 valence electrons. The first-order valence-corrected chi connectivity index (χ1v) is 8.86. The van der Waals surface area contributed by atoms with Gasteiger partial charge >= 0.3 is 6.36 Å². The number of benzene rings is 1. The van der Waals surface area contributed by atoms with E-state index in [0.29, 0.717) is 29.0 Å². The molecule has 1 aromatic rings. The number of alkyl halides is 3. The zero-order chi connectivity index (χ0) is 20.1. The van der Waals surface area contributed by atoms with Gasteiger partial charge < -0.3 is 9.84 Å². The maximum Gasteiger partial charge on any atom is 0.573 e. The van der Waals surface area contributed by atoms with Crippen LogP contribution in [0.2, 0.25) is 0 Å². The van der Waals surface area contributed by atoms with Crippen molar-refractivity contribution in [2.45, 2.75) is 53.0 Å². The van der Waals surface area contributed by atoms with Crippen molar-refractivity contribution >= 4 is 23.3 Å². The summed E-state index contributed by atoms with van der Waals surface area (Å²) in [5.41, 5.74) is 1.32. The van der Waals surface area contributed by atoms with Crippen LogP contribution >= 0.6 is 0 Å². The first kappa shape index (κ1) is 19.6. The standard InChI is InChI=1S/C20H23F3N2O2/c1-10-6-16(24-9-11(10)2)13-8-15(19(4,5)26)18(27-20(21,22)23)17-14(13)7-12(3)25-17/h6,8-11,26H,7H2,1-5H3. The van der Waals surface area contributed by atoms with Crippen LogP contribution in [0, 0.1) is 11.8 Å². The molecule has 2 aliphatic rings. The Labute approximate surface area is 156 Å². The highest BCUT2D eigenvalue weighted by Gasteiger charge is 2.38. The van der Waals surface area contributed by atoms with Gasteiger partial charge in [0.25, 0.3) is 0 Å². The second-order valence-corrected chi connectivity index (χ2v) is 7.81. The maximum absolute atomic E-state index is 13.0. The SMILES string of the molecule is CC1=Nc2c(c(C3=CC(C)C(C)C=N3)cc(C(C)(C)O)c2OC(F)(F)F)C1. The molecule has 2 heterocycles.